The van der Waals surface area contributed by atoms with E-state index in [-0.39, 0.29) is 18.2 Å². The average Bonchev–Trinajstić information content (AvgIpc) is 2.25. The largest absolute Gasteiger partial charge is 0.319 e. The minimum atomic E-state index is -0.619. The number of carbonyl (C=O) groups excluding carboxylic acids is 2. The van der Waals surface area contributed by atoms with Gasteiger partial charge in [-0.2, -0.15) is 0 Å². The maximum absolute atomic E-state index is 11.2. The van der Waals surface area contributed by atoms with Crippen LogP contribution >= 0.6 is 22.9 Å². The van der Waals surface area contributed by atoms with Crippen LogP contribution < -0.4 is 9.26 Å². The highest BCUT2D eigenvalue weighted by atomic mass is 127. The zero-order valence-corrected chi connectivity index (χ0v) is 8.58. The molecule has 0 bridgehead atoms. The molecule has 6 heteroatoms. The molecule has 1 heterocycles. The van der Waals surface area contributed by atoms with Crippen molar-refractivity contribution in [1.82, 2.24) is 8.43 Å². The number of hydrogen-bond acceptors (Lipinski definition) is 4. The van der Waals surface area contributed by atoms with Crippen molar-refractivity contribution in [2.75, 3.05) is 13.1 Å². The van der Waals surface area contributed by atoms with Crippen molar-refractivity contribution in [1.29, 1.82) is 0 Å². The molecule has 0 aliphatic carbocycles. The predicted molar refractivity (Wildman–Crippen MR) is 51.3 cm³/mol. The van der Waals surface area contributed by atoms with Gasteiger partial charge in [0.1, 0.15) is 0 Å². The third-order valence-corrected chi connectivity index (χ3v) is 2.25. The van der Waals surface area contributed by atoms with E-state index in [1.165, 1.54) is 4.90 Å². The SMILES string of the molecule is NC1CC(=O)N(CCNI)C1=O. The normalized spacial score (nSPS) is 23.8. The molecule has 0 saturated carbocycles. The van der Waals surface area contributed by atoms with E-state index >= 15 is 0 Å². The van der Waals surface area contributed by atoms with Crippen molar-refractivity contribution in [3.8, 4) is 0 Å². The summed E-state index contributed by atoms with van der Waals surface area (Å²) in [6, 6.07) is -0.619. The fraction of sp³-hybridized carbons (Fsp3) is 0.667. The average molecular weight is 283 g/mol. The highest BCUT2D eigenvalue weighted by Crippen LogP contribution is 2.09. The minimum absolute atomic E-state index is 0.153. The third kappa shape index (κ3) is 1.93. The second-order valence-corrected chi connectivity index (χ2v) is 3.34. The molecular weight excluding hydrogens is 273 g/mol. The van der Waals surface area contributed by atoms with Crippen molar-refractivity contribution >= 4 is 34.7 Å². The van der Waals surface area contributed by atoms with E-state index in [1.54, 1.807) is 0 Å². The second kappa shape index (κ2) is 4.15. The molecular formula is C6H10IN3O2. The maximum Gasteiger partial charge on any atom is 0.246 e. The van der Waals surface area contributed by atoms with Crippen LogP contribution in [0.25, 0.3) is 0 Å². The van der Waals surface area contributed by atoms with Gasteiger partial charge in [-0.15, -0.1) is 0 Å². The molecule has 1 rings (SSSR count). The number of amides is 2. The molecule has 1 atom stereocenters. The predicted octanol–water partition coefficient (Wildman–Crippen LogP) is -0.988. The van der Waals surface area contributed by atoms with Crippen molar-refractivity contribution in [2.45, 2.75) is 12.5 Å². The molecule has 0 aromatic heterocycles. The Labute approximate surface area is 84.1 Å². The zero-order chi connectivity index (χ0) is 9.14. The zero-order valence-electron chi connectivity index (χ0n) is 6.42. The molecule has 12 heavy (non-hydrogen) atoms. The van der Waals surface area contributed by atoms with Gasteiger partial charge < -0.3 is 5.73 Å². The lowest BCUT2D eigenvalue weighted by atomic mass is 10.3. The number of nitrogens with zero attached hydrogens (tertiary/aromatic N) is 1. The highest BCUT2D eigenvalue weighted by Gasteiger charge is 2.35. The molecule has 1 saturated heterocycles. The summed E-state index contributed by atoms with van der Waals surface area (Å²) in [6.07, 6.45) is 0.153. The minimum Gasteiger partial charge on any atom is -0.319 e. The van der Waals surface area contributed by atoms with E-state index in [4.69, 9.17) is 5.73 Å². The van der Waals surface area contributed by atoms with Crippen LogP contribution in [0.2, 0.25) is 0 Å². The Bertz CT molecular complexity index is 209. The summed E-state index contributed by atoms with van der Waals surface area (Å²) in [5.41, 5.74) is 5.40. The Balaban J connectivity index is 2.52. The van der Waals surface area contributed by atoms with E-state index in [0.29, 0.717) is 13.1 Å². The summed E-state index contributed by atoms with van der Waals surface area (Å²) in [4.78, 5) is 23.5. The van der Waals surface area contributed by atoms with Crippen LogP contribution in [0.3, 0.4) is 0 Å². The van der Waals surface area contributed by atoms with Crippen molar-refractivity contribution in [3.05, 3.63) is 0 Å². The number of nitrogens with two attached hydrogens (primary N) is 1. The summed E-state index contributed by atoms with van der Waals surface area (Å²) >= 11 is 1.96. The van der Waals surface area contributed by atoms with Gasteiger partial charge in [-0.05, 0) is 0 Å². The Kier molecular flexibility index (Phi) is 3.41. The van der Waals surface area contributed by atoms with Crippen molar-refractivity contribution in [2.24, 2.45) is 5.73 Å². The van der Waals surface area contributed by atoms with E-state index in [0.717, 1.165) is 0 Å². The standard InChI is InChI=1S/C6H10IN3O2/c7-9-1-2-10-5(11)3-4(8)6(10)12/h4,9H,1-3,8H2. The first kappa shape index (κ1) is 9.87. The number of rotatable bonds is 3. The topological polar surface area (TPSA) is 75.4 Å². The first-order chi connectivity index (χ1) is 5.66. The molecule has 1 fully saturated rings. The van der Waals surface area contributed by atoms with Crippen LogP contribution in [0.5, 0.6) is 0 Å². The van der Waals surface area contributed by atoms with Gasteiger partial charge in [-0.1, -0.05) is 0 Å². The van der Waals surface area contributed by atoms with Gasteiger partial charge in [0.2, 0.25) is 11.8 Å². The molecule has 0 aromatic rings. The molecule has 3 N–H and O–H groups in total. The number of imide groups is 1. The van der Waals surface area contributed by atoms with Gasteiger partial charge in [-0.25, -0.2) is 0 Å². The molecule has 5 nitrogen and oxygen atoms in total. The number of hydrogen-bond donors (Lipinski definition) is 2. The quantitative estimate of drug-likeness (QED) is 0.396. The lowest BCUT2D eigenvalue weighted by Crippen LogP contribution is -2.38. The molecule has 1 aliphatic heterocycles. The highest BCUT2D eigenvalue weighted by molar-refractivity contribution is 14.1. The van der Waals surface area contributed by atoms with E-state index in [9.17, 15) is 9.59 Å². The second-order valence-electron chi connectivity index (χ2n) is 2.58. The summed E-state index contributed by atoms with van der Waals surface area (Å²) < 4.78 is 2.83. The number of nitrogens with one attached hydrogen (secondary N) is 1. The van der Waals surface area contributed by atoms with Crippen LogP contribution in [0.1, 0.15) is 6.42 Å². The summed E-state index contributed by atoms with van der Waals surface area (Å²) in [6.45, 7) is 1.01. The summed E-state index contributed by atoms with van der Waals surface area (Å²) in [5, 5.41) is 0. The van der Waals surface area contributed by atoms with Gasteiger partial charge in [0.15, 0.2) is 0 Å². The lowest BCUT2D eigenvalue weighted by Gasteiger charge is -2.12. The van der Waals surface area contributed by atoms with E-state index in [1.807, 2.05) is 22.9 Å². The van der Waals surface area contributed by atoms with Crippen LogP contribution in [0, 0.1) is 0 Å². The number of carbonyl (C=O) groups is 2. The summed E-state index contributed by atoms with van der Waals surface area (Å²) in [7, 11) is 0. The van der Waals surface area contributed by atoms with E-state index in [2.05, 4.69) is 3.53 Å². The molecule has 2 amide bonds. The van der Waals surface area contributed by atoms with Gasteiger partial charge in [0.05, 0.1) is 12.5 Å². The molecule has 0 spiro atoms. The van der Waals surface area contributed by atoms with E-state index < -0.39 is 6.04 Å². The van der Waals surface area contributed by atoms with Crippen LogP contribution in [-0.4, -0.2) is 35.8 Å². The summed E-state index contributed by atoms with van der Waals surface area (Å²) in [5.74, 6) is -0.425. The molecule has 1 unspecified atom stereocenters. The molecule has 0 aromatic carbocycles. The first-order valence-electron chi connectivity index (χ1n) is 3.60. The molecule has 68 valence electrons. The van der Waals surface area contributed by atoms with Crippen molar-refractivity contribution in [3.63, 3.8) is 0 Å². The van der Waals surface area contributed by atoms with Gasteiger partial charge in [0, 0.05) is 36.0 Å². The van der Waals surface area contributed by atoms with Crippen LogP contribution in [0.15, 0.2) is 0 Å². The number of likely N-dealkylation sites (tertiary alicyclic amines) is 1. The monoisotopic (exact) mass is 283 g/mol. The lowest BCUT2D eigenvalue weighted by molar-refractivity contribution is -0.138. The van der Waals surface area contributed by atoms with Gasteiger partial charge >= 0.3 is 0 Å². The van der Waals surface area contributed by atoms with Gasteiger partial charge in [0.25, 0.3) is 0 Å². The Hall–Kier alpha value is -0.210. The molecule has 0 radical (unpaired) electrons. The number of halogens is 1. The Morgan fingerprint density at radius 2 is 2.33 bits per heavy atom. The molecule has 1 aliphatic rings. The Morgan fingerprint density at radius 3 is 2.75 bits per heavy atom. The third-order valence-electron chi connectivity index (χ3n) is 1.71. The smallest absolute Gasteiger partial charge is 0.246 e. The fourth-order valence-corrected chi connectivity index (χ4v) is 1.34. The fourth-order valence-electron chi connectivity index (χ4n) is 1.10. The Morgan fingerprint density at radius 1 is 1.67 bits per heavy atom. The first-order valence-corrected chi connectivity index (χ1v) is 4.68. The van der Waals surface area contributed by atoms with Gasteiger partial charge in [-0.3, -0.25) is 18.0 Å². The van der Waals surface area contributed by atoms with Crippen LogP contribution in [-0.2, 0) is 9.59 Å². The van der Waals surface area contributed by atoms with Crippen LogP contribution in [0.4, 0.5) is 0 Å². The maximum atomic E-state index is 11.2. The van der Waals surface area contributed by atoms with Crippen molar-refractivity contribution < 1.29 is 9.59 Å².